The van der Waals surface area contributed by atoms with Gasteiger partial charge in [0.1, 0.15) is 10.0 Å². The molecule has 0 aliphatic carbocycles. The molecule has 0 atom stereocenters. The normalized spacial score (nSPS) is 11.6. The lowest BCUT2D eigenvalue weighted by Gasteiger charge is -2.26. The molecule has 5 nitrogen and oxygen atoms in total. The third kappa shape index (κ3) is 5.69. The predicted octanol–water partition coefficient (Wildman–Crippen LogP) is 13.6. The molecule has 0 spiro atoms. The Hall–Kier alpha value is -6.80. The summed E-state index contributed by atoms with van der Waals surface area (Å²) in [7, 11) is 0. The summed E-state index contributed by atoms with van der Waals surface area (Å²) in [4.78, 5) is 21.9. The Bertz CT molecular complexity index is 3040. The second kappa shape index (κ2) is 13.0. The van der Waals surface area contributed by atoms with Gasteiger partial charge >= 0.3 is 0 Å². The Morgan fingerprint density at radius 3 is 1.56 bits per heavy atom. The van der Waals surface area contributed by atoms with Crippen LogP contribution in [-0.2, 0) is 0 Å². The van der Waals surface area contributed by atoms with E-state index in [0.717, 1.165) is 93.1 Å². The van der Waals surface area contributed by atoms with Crippen molar-refractivity contribution in [1.82, 2.24) is 19.9 Å². The fourth-order valence-electron chi connectivity index (χ4n) is 7.36. The highest BCUT2D eigenvalue weighted by Crippen LogP contribution is 2.40. The van der Waals surface area contributed by atoms with E-state index in [9.17, 15) is 0 Å². The third-order valence-electron chi connectivity index (χ3n) is 10.1. The third-order valence-corrected chi connectivity index (χ3v) is 12.3. The van der Waals surface area contributed by atoms with Gasteiger partial charge < -0.3 is 4.90 Å². The molecule has 55 heavy (non-hydrogen) atoms. The molecule has 11 aromatic rings. The number of anilines is 3. The molecule has 0 amide bonds. The Labute approximate surface area is 324 Å². The molecule has 0 saturated heterocycles. The number of nitrogens with zero attached hydrogens (tertiary/aromatic N) is 5. The van der Waals surface area contributed by atoms with Crippen LogP contribution in [0.4, 0.5) is 17.1 Å². The van der Waals surface area contributed by atoms with Gasteiger partial charge in [0, 0.05) is 50.7 Å². The summed E-state index contributed by atoms with van der Waals surface area (Å²) < 4.78 is 2.38. The summed E-state index contributed by atoms with van der Waals surface area (Å²) in [5.74, 6) is 0. The monoisotopic (exact) mass is 739 g/mol. The van der Waals surface area contributed by atoms with Crippen LogP contribution in [0.3, 0.4) is 0 Å². The number of hydrogen-bond donors (Lipinski definition) is 0. The first-order chi connectivity index (χ1) is 27.2. The minimum Gasteiger partial charge on any atom is -0.310 e. The summed E-state index contributed by atoms with van der Waals surface area (Å²) in [6.45, 7) is 0. The number of fused-ring (bicyclic) bond motifs is 6. The van der Waals surface area contributed by atoms with Crippen molar-refractivity contribution in [2.75, 3.05) is 4.90 Å². The molecule has 0 aliphatic heterocycles. The van der Waals surface area contributed by atoms with E-state index in [4.69, 9.17) is 15.0 Å². The van der Waals surface area contributed by atoms with Gasteiger partial charge in [-0.3, -0.25) is 4.98 Å². The molecule has 7 aromatic carbocycles. The van der Waals surface area contributed by atoms with Gasteiger partial charge in [0.2, 0.25) is 0 Å². The molecule has 0 bridgehead atoms. The molecule has 4 heterocycles. The van der Waals surface area contributed by atoms with Gasteiger partial charge in [-0.1, -0.05) is 66.7 Å². The quantitative estimate of drug-likeness (QED) is 0.159. The van der Waals surface area contributed by atoms with Crippen molar-refractivity contribution in [1.29, 1.82) is 0 Å². The van der Waals surface area contributed by atoms with E-state index in [1.165, 1.54) is 9.40 Å². The molecule has 0 aliphatic rings. The molecule has 0 saturated carbocycles. The van der Waals surface area contributed by atoms with Crippen LogP contribution in [0.15, 0.2) is 176 Å². The molecule has 0 fully saturated rings. The molecule has 0 radical (unpaired) electrons. The largest absolute Gasteiger partial charge is 0.310 e. The number of hydrogen-bond acceptors (Lipinski definition) is 7. The molecule has 258 valence electrons. The Kier molecular flexibility index (Phi) is 7.46. The molecular formula is C48H29N5S2. The molecule has 7 heteroatoms. The number of aromatic nitrogens is 4. The maximum Gasteiger partial charge on any atom is 0.124 e. The first-order valence-electron chi connectivity index (χ1n) is 18.1. The summed E-state index contributed by atoms with van der Waals surface area (Å²) in [5, 5.41) is 6.51. The molecule has 11 rings (SSSR count). The molecule has 0 unspecified atom stereocenters. The Morgan fingerprint density at radius 2 is 0.909 bits per heavy atom. The van der Waals surface area contributed by atoms with Gasteiger partial charge in [-0.2, -0.15) is 0 Å². The number of benzene rings is 7. The van der Waals surface area contributed by atoms with Crippen LogP contribution < -0.4 is 4.90 Å². The standard InChI is InChI=1S/C48H29N5S2/c1-3-9-43-41(7-1)51-47(54-43)32-15-21-37(22-16-32)53(38-23-17-33(18-24-38)48-52-42-8-2-4-10-44(42)55-48)39-25-19-34-28-36(14-13-35(34)29-39)40-26-20-31-12-11-30-6-5-27-49-45(30)46(31)50-40/h1-29H. The summed E-state index contributed by atoms with van der Waals surface area (Å²) in [6.07, 6.45) is 1.83. The van der Waals surface area contributed by atoms with Crippen LogP contribution in [0.5, 0.6) is 0 Å². The summed E-state index contributed by atoms with van der Waals surface area (Å²) >= 11 is 3.45. The number of para-hydroxylation sites is 2. The van der Waals surface area contributed by atoms with Crippen LogP contribution in [0.1, 0.15) is 0 Å². The van der Waals surface area contributed by atoms with Crippen LogP contribution in [0.2, 0.25) is 0 Å². The van der Waals surface area contributed by atoms with Gasteiger partial charge in [0.25, 0.3) is 0 Å². The SMILES string of the molecule is c1cnc2c(c1)ccc1ccc(-c3ccc4cc(N(c5ccc(-c6nc7ccccc7s6)cc5)c5ccc(-c6nc7ccccc7s6)cc5)ccc4c3)nc12. The van der Waals surface area contributed by atoms with Gasteiger partial charge in [0.15, 0.2) is 0 Å². The first kappa shape index (κ1) is 31.7. The zero-order chi connectivity index (χ0) is 36.3. The van der Waals surface area contributed by atoms with Crippen LogP contribution >= 0.6 is 22.7 Å². The first-order valence-corrected chi connectivity index (χ1v) is 19.7. The zero-order valence-electron chi connectivity index (χ0n) is 29.3. The predicted molar refractivity (Wildman–Crippen MR) is 232 cm³/mol. The summed E-state index contributed by atoms with van der Waals surface area (Å²) in [6, 6.07) is 59.9. The van der Waals surface area contributed by atoms with Gasteiger partial charge in [0.05, 0.1) is 37.2 Å². The molecule has 4 aromatic heterocycles. The topological polar surface area (TPSA) is 54.8 Å². The van der Waals surface area contributed by atoms with Gasteiger partial charge in [-0.05, 0) is 114 Å². The van der Waals surface area contributed by atoms with Crippen LogP contribution in [0, 0.1) is 0 Å². The van der Waals surface area contributed by atoms with Gasteiger partial charge in [-0.25, -0.2) is 15.0 Å². The van der Waals surface area contributed by atoms with Crippen LogP contribution in [-0.4, -0.2) is 19.9 Å². The van der Waals surface area contributed by atoms with Crippen molar-refractivity contribution >= 4 is 92.7 Å². The highest BCUT2D eigenvalue weighted by atomic mass is 32.1. The average molecular weight is 740 g/mol. The Morgan fingerprint density at radius 1 is 0.382 bits per heavy atom. The fraction of sp³-hybridized carbons (Fsp3) is 0. The van der Waals surface area contributed by atoms with E-state index in [0.29, 0.717) is 0 Å². The van der Waals surface area contributed by atoms with Gasteiger partial charge in [-0.15, -0.1) is 22.7 Å². The van der Waals surface area contributed by atoms with E-state index >= 15 is 0 Å². The summed E-state index contributed by atoms with van der Waals surface area (Å²) in [5.41, 5.74) is 11.3. The maximum atomic E-state index is 5.11. The van der Waals surface area contributed by atoms with Crippen molar-refractivity contribution in [2.24, 2.45) is 0 Å². The fourth-order valence-corrected chi connectivity index (χ4v) is 9.30. The second-order valence-corrected chi connectivity index (χ2v) is 15.6. The van der Waals surface area contributed by atoms with E-state index in [1.807, 2.05) is 24.4 Å². The minimum atomic E-state index is 0.921. The lowest BCUT2D eigenvalue weighted by atomic mass is 10.0. The number of thiazole rings is 2. The lowest BCUT2D eigenvalue weighted by molar-refractivity contribution is 1.29. The van der Waals surface area contributed by atoms with E-state index in [2.05, 4.69) is 162 Å². The van der Waals surface area contributed by atoms with Crippen molar-refractivity contribution < 1.29 is 0 Å². The minimum absolute atomic E-state index is 0.921. The number of pyridine rings is 2. The van der Waals surface area contributed by atoms with Crippen molar-refractivity contribution in [3.05, 3.63) is 176 Å². The van der Waals surface area contributed by atoms with Crippen molar-refractivity contribution in [2.45, 2.75) is 0 Å². The number of rotatable bonds is 6. The smallest absolute Gasteiger partial charge is 0.124 e. The highest BCUT2D eigenvalue weighted by molar-refractivity contribution is 7.22. The van der Waals surface area contributed by atoms with E-state index in [-0.39, 0.29) is 0 Å². The van der Waals surface area contributed by atoms with Crippen molar-refractivity contribution in [3.63, 3.8) is 0 Å². The van der Waals surface area contributed by atoms with E-state index < -0.39 is 0 Å². The highest BCUT2D eigenvalue weighted by Gasteiger charge is 2.16. The van der Waals surface area contributed by atoms with E-state index in [1.54, 1.807) is 22.7 Å². The average Bonchev–Trinajstić information content (AvgIpc) is 3.89. The Balaban J connectivity index is 0.978. The second-order valence-electron chi connectivity index (χ2n) is 13.6. The lowest BCUT2D eigenvalue weighted by Crippen LogP contribution is -2.09. The molecule has 0 N–H and O–H groups in total. The van der Waals surface area contributed by atoms with Crippen LogP contribution in [0.25, 0.3) is 85.4 Å². The zero-order valence-corrected chi connectivity index (χ0v) is 30.9. The molecular weight excluding hydrogens is 711 g/mol. The van der Waals surface area contributed by atoms with Crippen molar-refractivity contribution in [3.8, 4) is 32.4 Å². The maximum absolute atomic E-state index is 5.11.